The fourth-order valence-corrected chi connectivity index (χ4v) is 6.03. The largest absolute Gasteiger partial charge is 0.507 e. The van der Waals surface area contributed by atoms with Gasteiger partial charge in [0.25, 0.3) is 0 Å². The molecule has 0 amide bonds. The van der Waals surface area contributed by atoms with Crippen LogP contribution in [0.5, 0.6) is 5.75 Å². The molecule has 4 heteroatoms. The summed E-state index contributed by atoms with van der Waals surface area (Å²) in [6.07, 6.45) is 1.69. The molecule has 1 N–H and O–H groups in total. The van der Waals surface area contributed by atoms with E-state index in [4.69, 9.17) is 0 Å². The molecule has 3 nitrogen and oxygen atoms in total. The van der Waals surface area contributed by atoms with E-state index >= 15 is 0 Å². The van der Waals surface area contributed by atoms with Crippen molar-refractivity contribution in [2.24, 2.45) is 5.92 Å². The number of aryl methyl sites for hydroxylation is 1. The summed E-state index contributed by atoms with van der Waals surface area (Å²) in [5.74, 6) is 0.166. The molecule has 0 bridgehead atoms. The number of halogens is 1. The Labute approximate surface area is 235 Å². The Morgan fingerprint density at radius 3 is 1.95 bits per heavy atom. The van der Waals surface area contributed by atoms with Gasteiger partial charge in [0.2, 0.25) is 0 Å². The van der Waals surface area contributed by atoms with Gasteiger partial charge in [0.05, 0.1) is 0 Å². The van der Waals surface area contributed by atoms with E-state index in [0.717, 1.165) is 50.7 Å². The molecule has 3 aromatic rings. The monoisotopic (exact) mass is 566 g/mol. The first-order chi connectivity index (χ1) is 17.9. The summed E-state index contributed by atoms with van der Waals surface area (Å²) in [4.78, 5) is 0. The summed E-state index contributed by atoms with van der Waals surface area (Å²) < 4.78 is 0.996. The molecule has 4 rings (SSSR count). The fourth-order valence-electron chi connectivity index (χ4n) is 5.76. The summed E-state index contributed by atoms with van der Waals surface area (Å²) in [6.45, 7) is 12.7. The number of nitrogens with zero attached hydrogens (tertiary/aromatic N) is 2. The lowest BCUT2D eigenvalue weighted by atomic mass is 9.66. The van der Waals surface area contributed by atoms with Crippen LogP contribution in [-0.4, -0.2) is 5.11 Å². The number of nitriles is 2. The Kier molecular flexibility index (Phi) is 7.60. The number of phenols is 1. The number of hydrogen-bond acceptors (Lipinski definition) is 3. The normalized spacial score (nSPS) is 16.2. The molecule has 0 saturated heterocycles. The van der Waals surface area contributed by atoms with Gasteiger partial charge in [0, 0.05) is 10.4 Å². The molecule has 0 aromatic heterocycles. The minimum Gasteiger partial charge on any atom is -0.507 e. The van der Waals surface area contributed by atoms with E-state index < -0.39 is 0 Å². The summed E-state index contributed by atoms with van der Waals surface area (Å²) in [6, 6.07) is 25.2. The van der Waals surface area contributed by atoms with Gasteiger partial charge in [-0.05, 0) is 80.7 Å². The first kappa shape index (κ1) is 27.7. The fraction of sp³-hybridized carbons (Fsp3) is 0.353. The second-order valence-corrected chi connectivity index (χ2v) is 13.2. The van der Waals surface area contributed by atoms with E-state index in [9.17, 15) is 15.6 Å². The lowest BCUT2D eigenvalue weighted by molar-refractivity contribution is 0.421. The van der Waals surface area contributed by atoms with Crippen LogP contribution in [0.4, 0.5) is 0 Å². The van der Waals surface area contributed by atoms with Gasteiger partial charge in [-0.25, -0.2) is 0 Å². The Hall–Kier alpha value is -3.34. The van der Waals surface area contributed by atoms with Crippen LogP contribution in [0.25, 0.3) is 5.57 Å². The molecule has 0 aliphatic heterocycles. The Bertz CT molecular complexity index is 1420. The third kappa shape index (κ3) is 5.29. The number of benzene rings is 3. The summed E-state index contributed by atoms with van der Waals surface area (Å²) >= 11 is 3.58. The molecule has 0 heterocycles. The molecule has 2 atom stereocenters. The van der Waals surface area contributed by atoms with Crippen LogP contribution in [-0.2, 0) is 17.3 Å². The second-order valence-electron chi connectivity index (χ2n) is 12.3. The van der Waals surface area contributed by atoms with Crippen molar-refractivity contribution in [1.82, 2.24) is 0 Å². The van der Waals surface area contributed by atoms with Crippen molar-refractivity contribution in [2.75, 3.05) is 0 Å². The molecule has 194 valence electrons. The van der Waals surface area contributed by atoms with E-state index in [2.05, 4.69) is 99.9 Å². The topological polar surface area (TPSA) is 67.8 Å². The lowest BCUT2D eigenvalue weighted by Gasteiger charge is -2.37. The van der Waals surface area contributed by atoms with Gasteiger partial charge < -0.3 is 5.11 Å². The van der Waals surface area contributed by atoms with Gasteiger partial charge in [0.1, 0.15) is 23.5 Å². The number of aromatic hydroxyl groups is 1. The van der Waals surface area contributed by atoms with Crippen LogP contribution >= 0.6 is 15.9 Å². The van der Waals surface area contributed by atoms with E-state index in [1.165, 1.54) is 5.56 Å². The molecule has 0 unspecified atom stereocenters. The predicted molar refractivity (Wildman–Crippen MR) is 158 cm³/mol. The molecular formula is C34H35BrN2O. The third-order valence-corrected chi connectivity index (χ3v) is 8.16. The zero-order chi connectivity index (χ0) is 27.8. The van der Waals surface area contributed by atoms with Crippen molar-refractivity contribution in [3.05, 3.63) is 104 Å². The SMILES string of the molecule is CC(C)(C)c1cc([C@H](c2ccc(Br)cc2)[C@H]2CCc3ccccc3C2=C(C#N)C#N)cc(C(C)(C)C)c1O. The van der Waals surface area contributed by atoms with Gasteiger partial charge in [-0.3, -0.25) is 0 Å². The van der Waals surface area contributed by atoms with Crippen molar-refractivity contribution < 1.29 is 5.11 Å². The molecule has 0 fully saturated rings. The molecule has 0 radical (unpaired) electrons. The summed E-state index contributed by atoms with van der Waals surface area (Å²) in [5, 5.41) is 31.5. The van der Waals surface area contributed by atoms with E-state index in [0.29, 0.717) is 5.75 Å². The Balaban J connectivity index is 2.08. The molecule has 1 aliphatic rings. The maximum Gasteiger partial charge on any atom is 0.133 e. The third-order valence-electron chi connectivity index (χ3n) is 7.63. The average Bonchev–Trinajstić information content (AvgIpc) is 2.86. The highest BCUT2D eigenvalue weighted by Crippen LogP contribution is 2.50. The van der Waals surface area contributed by atoms with Crippen LogP contribution in [0.15, 0.2) is 70.7 Å². The predicted octanol–water partition coefficient (Wildman–Crippen LogP) is 8.94. The quantitative estimate of drug-likeness (QED) is 0.321. The average molecular weight is 568 g/mol. The number of phenolic OH excluding ortho intramolecular Hbond substituents is 1. The summed E-state index contributed by atoms with van der Waals surface area (Å²) in [7, 11) is 0. The number of hydrogen-bond donors (Lipinski definition) is 1. The number of rotatable bonds is 3. The molecule has 1 aliphatic carbocycles. The second kappa shape index (κ2) is 10.4. The van der Waals surface area contributed by atoms with Gasteiger partial charge in [0.15, 0.2) is 0 Å². The smallest absolute Gasteiger partial charge is 0.133 e. The van der Waals surface area contributed by atoms with Crippen LogP contribution in [0.3, 0.4) is 0 Å². The summed E-state index contributed by atoms with van der Waals surface area (Å²) in [5.41, 5.74) is 6.66. The van der Waals surface area contributed by atoms with Crippen LogP contribution < -0.4 is 0 Å². The maximum atomic E-state index is 11.4. The van der Waals surface area contributed by atoms with Crippen molar-refractivity contribution in [1.29, 1.82) is 10.5 Å². The number of fused-ring (bicyclic) bond motifs is 1. The first-order valence-corrected chi connectivity index (χ1v) is 13.9. The Morgan fingerprint density at radius 1 is 0.868 bits per heavy atom. The lowest BCUT2D eigenvalue weighted by Crippen LogP contribution is -2.24. The zero-order valence-corrected chi connectivity index (χ0v) is 24.6. The highest BCUT2D eigenvalue weighted by molar-refractivity contribution is 9.10. The van der Waals surface area contributed by atoms with Crippen LogP contribution in [0.2, 0.25) is 0 Å². The highest BCUT2D eigenvalue weighted by Gasteiger charge is 2.37. The van der Waals surface area contributed by atoms with Crippen molar-refractivity contribution >= 4 is 21.5 Å². The van der Waals surface area contributed by atoms with Gasteiger partial charge in [-0.15, -0.1) is 0 Å². The molecular weight excluding hydrogens is 532 g/mol. The van der Waals surface area contributed by atoms with E-state index in [-0.39, 0.29) is 28.2 Å². The molecule has 38 heavy (non-hydrogen) atoms. The Morgan fingerprint density at radius 2 is 1.42 bits per heavy atom. The number of allylic oxidation sites excluding steroid dienone is 2. The van der Waals surface area contributed by atoms with Crippen LogP contribution in [0.1, 0.15) is 87.3 Å². The van der Waals surface area contributed by atoms with E-state index in [1.54, 1.807) is 0 Å². The minimum absolute atomic E-state index is 0.0782. The minimum atomic E-state index is -0.271. The van der Waals surface area contributed by atoms with Gasteiger partial charge in [-0.2, -0.15) is 10.5 Å². The molecule has 0 spiro atoms. The van der Waals surface area contributed by atoms with Crippen molar-refractivity contribution in [3.8, 4) is 17.9 Å². The van der Waals surface area contributed by atoms with Gasteiger partial charge in [-0.1, -0.05) is 106 Å². The molecule has 0 saturated carbocycles. The highest BCUT2D eigenvalue weighted by atomic mass is 79.9. The standard InChI is InChI=1S/C34H35BrN2O/c1-33(2,3)28-17-23(18-29(32(28)38)34(4,5)6)30(22-11-14-25(35)15-12-22)27-16-13-21-9-7-8-10-26(21)31(27)24(19-36)20-37/h7-12,14-15,17-18,27,30,38H,13,16H2,1-6H3/t27-,30+/m1/s1. The molecule has 3 aromatic carbocycles. The van der Waals surface area contributed by atoms with Crippen LogP contribution in [0, 0.1) is 28.6 Å². The van der Waals surface area contributed by atoms with Crippen molar-refractivity contribution in [2.45, 2.75) is 71.1 Å². The maximum absolute atomic E-state index is 11.4. The first-order valence-electron chi connectivity index (χ1n) is 13.1. The van der Waals surface area contributed by atoms with E-state index in [1.807, 2.05) is 30.3 Å². The van der Waals surface area contributed by atoms with Crippen molar-refractivity contribution in [3.63, 3.8) is 0 Å². The zero-order valence-electron chi connectivity index (χ0n) is 23.1. The van der Waals surface area contributed by atoms with Gasteiger partial charge >= 0.3 is 0 Å².